The molecule has 0 fully saturated rings. The van der Waals surface area contributed by atoms with Crippen LogP contribution in [0.5, 0.6) is 0 Å². The van der Waals surface area contributed by atoms with Crippen LogP contribution in [0.2, 0.25) is 5.02 Å². The number of carbonyl (C=O) groups excluding carboxylic acids is 1. The Bertz CT molecular complexity index is 1210. The van der Waals surface area contributed by atoms with Gasteiger partial charge in [0.2, 0.25) is 17.6 Å². The highest BCUT2D eigenvalue weighted by molar-refractivity contribution is 7.17. The molecule has 10 heteroatoms. The number of hydrogen-bond donors (Lipinski definition) is 1. The van der Waals surface area contributed by atoms with Crippen LogP contribution in [0, 0.1) is 0 Å². The summed E-state index contributed by atoms with van der Waals surface area (Å²) in [5.41, 5.74) is 1.23. The summed E-state index contributed by atoms with van der Waals surface area (Å²) in [6.07, 6.45) is 0.515. The molecule has 0 spiro atoms. The highest BCUT2D eigenvalue weighted by Crippen LogP contribution is 2.19. The average molecular weight is 430 g/mol. The van der Waals surface area contributed by atoms with Crippen LogP contribution in [0.4, 0.5) is 0 Å². The van der Waals surface area contributed by atoms with E-state index in [1.165, 1.54) is 16.2 Å². The Balaban J connectivity index is 1.36. The van der Waals surface area contributed by atoms with Gasteiger partial charge in [0.25, 0.3) is 5.56 Å². The van der Waals surface area contributed by atoms with E-state index in [-0.39, 0.29) is 24.4 Å². The lowest BCUT2D eigenvalue weighted by molar-refractivity contribution is -0.130. The second-order valence-corrected chi connectivity index (χ2v) is 7.77. The van der Waals surface area contributed by atoms with Crippen molar-refractivity contribution in [2.45, 2.75) is 19.4 Å². The predicted molar refractivity (Wildman–Crippen MR) is 110 cm³/mol. The fraction of sp³-hybridized carbons (Fsp3) is 0.211. The molecule has 3 aromatic heterocycles. The number of aryl methyl sites for hydroxylation is 1. The van der Waals surface area contributed by atoms with Crippen LogP contribution in [-0.4, -0.2) is 38.0 Å². The standard InChI is InChI=1S/C19H16ClN5O3S/c1-25(10-14-21-13-8-9-29-17(13)19(27)22-14)16(26)7-6-15-23-18(24-28-15)11-2-4-12(20)5-3-11/h2-5,8-9H,6-7,10H2,1H3,(H,21,22,27). The number of H-pyrrole nitrogens is 1. The van der Waals surface area contributed by atoms with Crippen LogP contribution in [0.3, 0.4) is 0 Å². The summed E-state index contributed by atoms with van der Waals surface area (Å²) in [5, 5.41) is 6.38. The SMILES string of the molecule is CN(Cc1nc2ccsc2c(=O)[nH]1)C(=O)CCc1nc(-c2ccc(Cl)cc2)no1. The summed E-state index contributed by atoms with van der Waals surface area (Å²) in [6.45, 7) is 0.208. The van der Waals surface area contributed by atoms with Crippen molar-refractivity contribution in [1.29, 1.82) is 0 Å². The summed E-state index contributed by atoms with van der Waals surface area (Å²) < 4.78 is 5.81. The number of hydrogen-bond acceptors (Lipinski definition) is 7. The first-order chi connectivity index (χ1) is 14.0. The number of carbonyl (C=O) groups is 1. The Morgan fingerprint density at radius 3 is 2.83 bits per heavy atom. The summed E-state index contributed by atoms with van der Waals surface area (Å²) in [7, 11) is 1.66. The predicted octanol–water partition coefficient (Wildman–Crippen LogP) is 3.28. The third-order valence-electron chi connectivity index (χ3n) is 4.30. The molecule has 0 aliphatic heterocycles. The molecule has 4 aromatic rings. The fourth-order valence-corrected chi connectivity index (χ4v) is 3.64. The molecule has 0 radical (unpaired) electrons. The molecule has 1 amide bonds. The zero-order chi connectivity index (χ0) is 20.4. The van der Waals surface area contributed by atoms with Gasteiger partial charge in [-0.25, -0.2) is 4.98 Å². The molecule has 0 aliphatic carbocycles. The van der Waals surface area contributed by atoms with E-state index in [1.807, 2.05) is 5.38 Å². The summed E-state index contributed by atoms with van der Waals surface area (Å²) in [5.74, 6) is 1.15. The van der Waals surface area contributed by atoms with Crippen molar-refractivity contribution in [2.24, 2.45) is 0 Å². The number of thiophene rings is 1. The van der Waals surface area contributed by atoms with E-state index in [0.29, 0.717) is 39.2 Å². The number of rotatable bonds is 6. The molecule has 1 aromatic carbocycles. The first kappa shape index (κ1) is 19.3. The van der Waals surface area contributed by atoms with Gasteiger partial charge in [-0.05, 0) is 35.7 Å². The van der Waals surface area contributed by atoms with Gasteiger partial charge in [-0.1, -0.05) is 16.8 Å². The van der Waals surface area contributed by atoms with Crippen molar-refractivity contribution >= 4 is 39.1 Å². The molecule has 8 nitrogen and oxygen atoms in total. The average Bonchev–Trinajstić information content (AvgIpc) is 3.36. The number of aromatic amines is 1. The molecule has 0 bridgehead atoms. The minimum atomic E-state index is -0.193. The first-order valence-electron chi connectivity index (χ1n) is 8.78. The topological polar surface area (TPSA) is 105 Å². The van der Waals surface area contributed by atoms with E-state index < -0.39 is 0 Å². The fourth-order valence-electron chi connectivity index (χ4n) is 2.79. The van der Waals surface area contributed by atoms with Gasteiger partial charge in [0.15, 0.2) is 0 Å². The minimum Gasteiger partial charge on any atom is -0.339 e. The maximum atomic E-state index is 12.4. The molecule has 1 N–H and O–H groups in total. The highest BCUT2D eigenvalue weighted by Gasteiger charge is 2.15. The molecule has 0 unspecified atom stereocenters. The molecule has 148 valence electrons. The zero-order valence-electron chi connectivity index (χ0n) is 15.4. The maximum absolute atomic E-state index is 12.4. The third-order valence-corrected chi connectivity index (χ3v) is 5.45. The second-order valence-electron chi connectivity index (χ2n) is 6.42. The number of aromatic nitrogens is 4. The van der Waals surface area contributed by atoms with Crippen molar-refractivity contribution in [2.75, 3.05) is 7.05 Å². The Labute approximate surface area is 174 Å². The Morgan fingerprint density at radius 1 is 1.24 bits per heavy atom. The van der Waals surface area contributed by atoms with Crippen LogP contribution in [0.25, 0.3) is 21.6 Å². The van der Waals surface area contributed by atoms with Gasteiger partial charge in [-0.15, -0.1) is 11.3 Å². The van der Waals surface area contributed by atoms with Crippen molar-refractivity contribution in [3.8, 4) is 11.4 Å². The van der Waals surface area contributed by atoms with Crippen LogP contribution in [0.15, 0.2) is 45.0 Å². The van der Waals surface area contributed by atoms with Crippen LogP contribution < -0.4 is 5.56 Å². The zero-order valence-corrected chi connectivity index (χ0v) is 17.0. The number of nitrogens with one attached hydrogen (secondary N) is 1. The summed E-state index contributed by atoms with van der Waals surface area (Å²) >= 11 is 7.22. The van der Waals surface area contributed by atoms with Gasteiger partial charge >= 0.3 is 0 Å². The third kappa shape index (κ3) is 4.36. The second kappa shape index (κ2) is 8.14. The van der Waals surface area contributed by atoms with E-state index in [4.69, 9.17) is 16.1 Å². The molecule has 0 saturated carbocycles. The van der Waals surface area contributed by atoms with E-state index >= 15 is 0 Å². The van der Waals surface area contributed by atoms with Gasteiger partial charge in [0.1, 0.15) is 10.5 Å². The first-order valence-corrected chi connectivity index (χ1v) is 10.0. The van der Waals surface area contributed by atoms with Gasteiger partial charge in [-0.3, -0.25) is 9.59 Å². The minimum absolute atomic E-state index is 0.121. The summed E-state index contributed by atoms with van der Waals surface area (Å²) in [6, 6.07) is 8.88. The molecule has 4 rings (SSSR count). The van der Waals surface area contributed by atoms with Crippen molar-refractivity contribution in [3.05, 3.63) is 62.8 Å². The van der Waals surface area contributed by atoms with Crippen molar-refractivity contribution in [3.63, 3.8) is 0 Å². The quantitative estimate of drug-likeness (QED) is 0.504. The van der Waals surface area contributed by atoms with E-state index in [2.05, 4.69) is 20.1 Å². The van der Waals surface area contributed by atoms with Crippen LogP contribution >= 0.6 is 22.9 Å². The Morgan fingerprint density at radius 2 is 2.03 bits per heavy atom. The van der Waals surface area contributed by atoms with Crippen molar-refractivity contribution < 1.29 is 9.32 Å². The number of nitrogens with zero attached hydrogens (tertiary/aromatic N) is 4. The Kier molecular flexibility index (Phi) is 5.41. The smallest absolute Gasteiger partial charge is 0.268 e. The van der Waals surface area contributed by atoms with Gasteiger partial charge in [0, 0.05) is 30.5 Å². The largest absolute Gasteiger partial charge is 0.339 e. The normalized spacial score (nSPS) is 11.1. The molecule has 0 atom stereocenters. The molecule has 3 heterocycles. The monoisotopic (exact) mass is 429 g/mol. The van der Waals surface area contributed by atoms with Crippen LogP contribution in [0.1, 0.15) is 18.1 Å². The maximum Gasteiger partial charge on any atom is 0.268 e. The van der Waals surface area contributed by atoms with E-state index in [1.54, 1.807) is 37.4 Å². The van der Waals surface area contributed by atoms with Gasteiger partial charge in [0.05, 0.1) is 12.1 Å². The summed E-state index contributed by atoms with van der Waals surface area (Å²) in [4.78, 5) is 37.4. The van der Waals surface area contributed by atoms with Gasteiger partial charge < -0.3 is 14.4 Å². The van der Waals surface area contributed by atoms with E-state index in [9.17, 15) is 9.59 Å². The van der Waals surface area contributed by atoms with Crippen LogP contribution in [-0.2, 0) is 17.8 Å². The molecule has 0 aliphatic rings. The number of fused-ring (bicyclic) bond motifs is 1. The van der Waals surface area contributed by atoms with Crippen molar-refractivity contribution in [1.82, 2.24) is 25.0 Å². The molecular weight excluding hydrogens is 414 g/mol. The van der Waals surface area contributed by atoms with E-state index in [0.717, 1.165) is 5.56 Å². The highest BCUT2D eigenvalue weighted by atomic mass is 35.5. The Hall–Kier alpha value is -3.04. The number of amides is 1. The molecule has 29 heavy (non-hydrogen) atoms. The molecular formula is C19H16ClN5O3S. The molecule has 0 saturated heterocycles. The number of halogens is 1. The lowest BCUT2D eigenvalue weighted by Gasteiger charge is -2.16. The van der Waals surface area contributed by atoms with Gasteiger partial charge in [-0.2, -0.15) is 4.98 Å². The lowest BCUT2D eigenvalue weighted by Crippen LogP contribution is -2.28. The lowest BCUT2D eigenvalue weighted by atomic mass is 10.2. The number of benzene rings is 1.